The molecule has 0 saturated carbocycles. The Labute approximate surface area is 242 Å². The summed E-state index contributed by atoms with van der Waals surface area (Å²) in [6, 6.07) is 21.2. The topological polar surface area (TPSA) is 123 Å². The van der Waals surface area contributed by atoms with Gasteiger partial charge in [0.1, 0.15) is 23.3 Å². The van der Waals surface area contributed by atoms with Gasteiger partial charge in [-0.2, -0.15) is 0 Å². The molecule has 2 aromatic heterocycles. The summed E-state index contributed by atoms with van der Waals surface area (Å²) >= 11 is 0. The highest BCUT2D eigenvalue weighted by Crippen LogP contribution is 2.25. The van der Waals surface area contributed by atoms with Crippen LogP contribution in [-0.2, 0) is 11.3 Å². The molecule has 0 unspecified atom stereocenters. The summed E-state index contributed by atoms with van der Waals surface area (Å²) in [5.41, 5.74) is 3.12. The normalized spacial score (nSPS) is 18.9. The minimum Gasteiger partial charge on any atom is -0.488 e. The van der Waals surface area contributed by atoms with Crippen LogP contribution in [0, 0.1) is 0 Å². The van der Waals surface area contributed by atoms with Gasteiger partial charge in [0.15, 0.2) is 6.61 Å². The molecule has 2 atom stereocenters. The molecule has 5 heterocycles. The smallest absolute Gasteiger partial charge is 0.272 e. The van der Waals surface area contributed by atoms with Crippen molar-refractivity contribution in [2.24, 2.45) is 0 Å². The van der Waals surface area contributed by atoms with Crippen LogP contribution in [0.4, 0.5) is 0 Å². The van der Waals surface area contributed by atoms with Gasteiger partial charge >= 0.3 is 0 Å². The van der Waals surface area contributed by atoms with E-state index in [2.05, 4.69) is 20.6 Å². The Morgan fingerprint density at radius 3 is 2.60 bits per heavy atom. The van der Waals surface area contributed by atoms with Crippen molar-refractivity contribution >= 4 is 17.7 Å². The van der Waals surface area contributed by atoms with Crippen LogP contribution in [0.15, 0.2) is 91.4 Å². The van der Waals surface area contributed by atoms with E-state index in [1.165, 1.54) is 6.20 Å². The van der Waals surface area contributed by atoms with Crippen molar-refractivity contribution in [3.8, 4) is 22.6 Å². The van der Waals surface area contributed by atoms with Crippen LogP contribution >= 0.6 is 0 Å². The fourth-order valence-corrected chi connectivity index (χ4v) is 5.05. The van der Waals surface area contributed by atoms with Crippen molar-refractivity contribution in [1.29, 1.82) is 0 Å². The van der Waals surface area contributed by atoms with Crippen LogP contribution in [0.25, 0.3) is 11.1 Å². The summed E-state index contributed by atoms with van der Waals surface area (Å²) in [4.78, 5) is 49.4. The maximum Gasteiger partial charge on any atom is 0.272 e. The first-order valence-corrected chi connectivity index (χ1v) is 13.7. The summed E-state index contributed by atoms with van der Waals surface area (Å²) < 4.78 is 12.1. The molecule has 6 bridgehead atoms. The van der Waals surface area contributed by atoms with Gasteiger partial charge in [0.2, 0.25) is 0 Å². The lowest BCUT2D eigenvalue weighted by atomic mass is 10.00. The largest absolute Gasteiger partial charge is 0.488 e. The van der Waals surface area contributed by atoms with Crippen molar-refractivity contribution in [2.45, 2.75) is 25.1 Å². The maximum absolute atomic E-state index is 13.5. The first-order chi connectivity index (χ1) is 20.5. The van der Waals surface area contributed by atoms with Crippen LogP contribution in [0.5, 0.6) is 11.5 Å². The predicted octanol–water partition coefficient (Wildman–Crippen LogP) is 3.24. The molecule has 42 heavy (non-hydrogen) atoms. The standard InChI is InChI=1S/C32H29N5O5/c38-30-20-41-26-5-3-4-22(15-26)23-14-24(18-33-17-23)31(39)36-28-19-37(32(40)27-6-1-2-12-34-27)13-11-29(28)42-25-9-7-21(8-10-25)16-35-30/h1-10,12,14-15,17-18,28-29H,11,13,16,19-20H2,(H,35,38)(H,36,39)/t28-,29+/m1/s1. The molecule has 2 aromatic carbocycles. The van der Waals surface area contributed by atoms with Crippen LogP contribution in [0.3, 0.4) is 0 Å². The number of benzene rings is 2. The third-order valence-electron chi connectivity index (χ3n) is 7.28. The van der Waals surface area contributed by atoms with E-state index in [1.807, 2.05) is 36.4 Å². The van der Waals surface area contributed by atoms with Crippen LogP contribution in [0.2, 0.25) is 0 Å². The quantitative estimate of drug-likeness (QED) is 0.365. The number of fused-ring (bicyclic) bond motifs is 7. The molecule has 4 aromatic rings. The first-order valence-electron chi connectivity index (χ1n) is 13.7. The number of likely N-dealkylation sites (tertiary alicyclic amines) is 1. The fourth-order valence-electron chi connectivity index (χ4n) is 5.05. The fraction of sp³-hybridized carbons (Fsp3) is 0.219. The Morgan fingerprint density at radius 2 is 1.76 bits per heavy atom. The lowest BCUT2D eigenvalue weighted by molar-refractivity contribution is -0.123. The average molecular weight is 564 g/mol. The number of amides is 3. The van der Waals surface area contributed by atoms with Crippen molar-refractivity contribution in [3.63, 3.8) is 0 Å². The van der Waals surface area contributed by atoms with Gasteiger partial charge in [-0.1, -0.05) is 30.3 Å². The molecule has 10 nitrogen and oxygen atoms in total. The number of carbonyl (C=O) groups excluding carboxylic acids is 3. The third kappa shape index (κ3) is 6.22. The number of aromatic nitrogens is 2. The molecule has 3 aliphatic rings. The number of nitrogens with zero attached hydrogens (tertiary/aromatic N) is 3. The number of pyridine rings is 2. The van der Waals surface area contributed by atoms with E-state index < -0.39 is 6.04 Å². The second-order valence-corrected chi connectivity index (χ2v) is 10.2. The minimum absolute atomic E-state index is 0.131. The number of ether oxygens (including phenoxy) is 2. The van der Waals surface area contributed by atoms with E-state index in [4.69, 9.17) is 9.47 Å². The molecular formula is C32H29N5O5. The van der Waals surface area contributed by atoms with E-state index in [0.717, 1.165) is 16.7 Å². The van der Waals surface area contributed by atoms with E-state index in [1.54, 1.807) is 53.7 Å². The number of carbonyl (C=O) groups is 3. The van der Waals surface area contributed by atoms with E-state index in [9.17, 15) is 14.4 Å². The average Bonchev–Trinajstić information content (AvgIpc) is 3.04. The monoisotopic (exact) mass is 563 g/mol. The van der Waals surface area contributed by atoms with Gasteiger partial charge in [-0.15, -0.1) is 0 Å². The highest BCUT2D eigenvalue weighted by molar-refractivity contribution is 5.95. The lowest BCUT2D eigenvalue weighted by Gasteiger charge is -2.38. The zero-order valence-electron chi connectivity index (χ0n) is 22.7. The summed E-state index contributed by atoms with van der Waals surface area (Å²) in [7, 11) is 0. The maximum atomic E-state index is 13.5. The zero-order valence-corrected chi connectivity index (χ0v) is 22.7. The highest BCUT2D eigenvalue weighted by atomic mass is 16.5. The van der Waals surface area contributed by atoms with Gasteiger partial charge in [-0.25, -0.2) is 0 Å². The van der Waals surface area contributed by atoms with Crippen LogP contribution < -0.4 is 20.1 Å². The Morgan fingerprint density at radius 1 is 0.905 bits per heavy atom. The Hall–Kier alpha value is -5.25. The van der Waals surface area contributed by atoms with Crippen molar-refractivity contribution in [2.75, 3.05) is 19.7 Å². The second-order valence-electron chi connectivity index (χ2n) is 10.2. The van der Waals surface area contributed by atoms with E-state index in [0.29, 0.717) is 42.3 Å². The molecule has 0 radical (unpaired) electrons. The van der Waals surface area contributed by atoms with Crippen molar-refractivity contribution < 1.29 is 23.9 Å². The highest BCUT2D eigenvalue weighted by Gasteiger charge is 2.35. The summed E-state index contributed by atoms with van der Waals surface area (Å²) in [5.74, 6) is 0.371. The molecule has 7 rings (SSSR count). The van der Waals surface area contributed by atoms with Gasteiger partial charge in [0.25, 0.3) is 17.7 Å². The third-order valence-corrected chi connectivity index (χ3v) is 7.28. The molecule has 0 aliphatic carbocycles. The SMILES string of the molecule is O=C1COc2cccc(c2)-c2cncc(c2)C(=O)N[C@@H]2CN(C(=O)c3ccccn3)CC[C@@H]2Oc2ccc(cc2)CN1. The summed E-state index contributed by atoms with van der Waals surface area (Å²) in [5, 5.41) is 5.97. The molecule has 3 amide bonds. The molecular weight excluding hydrogens is 534 g/mol. The molecule has 10 heteroatoms. The molecule has 1 saturated heterocycles. The second kappa shape index (κ2) is 12.1. The van der Waals surface area contributed by atoms with E-state index >= 15 is 0 Å². The molecule has 2 N–H and O–H groups in total. The predicted molar refractivity (Wildman–Crippen MR) is 154 cm³/mol. The minimum atomic E-state index is -0.496. The Kier molecular flexibility index (Phi) is 7.76. The van der Waals surface area contributed by atoms with Crippen LogP contribution in [0.1, 0.15) is 32.8 Å². The number of nitrogens with one attached hydrogen (secondary N) is 2. The van der Waals surface area contributed by atoms with Crippen LogP contribution in [-0.4, -0.2) is 64.4 Å². The number of hydrogen-bond donors (Lipinski definition) is 2. The van der Waals surface area contributed by atoms with Gasteiger partial charge in [0.05, 0.1) is 11.6 Å². The molecule has 212 valence electrons. The number of piperidine rings is 1. The number of rotatable bonds is 1. The molecule has 3 aliphatic heterocycles. The van der Waals surface area contributed by atoms with Gasteiger partial charge in [-0.3, -0.25) is 24.4 Å². The Balaban J connectivity index is 1.31. The lowest BCUT2D eigenvalue weighted by Crippen LogP contribution is -2.58. The van der Waals surface area contributed by atoms with Crippen molar-refractivity contribution in [1.82, 2.24) is 25.5 Å². The zero-order chi connectivity index (χ0) is 28.9. The van der Waals surface area contributed by atoms with Crippen molar-refractivity contribution in [3.05, 3.63) is 108 Å². The first kappa shape index (κ1) is 26.9. The molecule has 0 spiro atoms. The number of hydrogen-bond acceptors (Lipinski definition) is 7. The Bertz CT molecular complexity index is 1590. The van der Waals surface area contributed by atoms with E-state index in [-0.39, 0.29) is 37.0 Å². The molecule has 1 fully saturated rings. The van der Waals surface area contributed by atoms with Gasteiger partial charge in [-0.05, 0) is 53.6 Å². The summed E-state index contributed by atoms with van der Waals surface area (Å²) in [6.45, 7) is 0.913. The summed E-state index contributed by atoms with van der Waals surface area (Å²) in [6.07, 6.45) is 4.87. The van der Waals surface area contributed by atoms with Gasteiger partial charge in [0, 0.05) is 50.2 Å². The van der Waals surface area contributed by atoms with Gasteiger partial charge < -0.3 is 25.0 Å².